The molecule has 0 aliphatic carbocycles. The molecule has 0 spiro atoms. The molecule has 4 heteroatoms. The van der Waals surface area contributed by atoms with Crippen LogP contribution in [-0.4, -0.2) is 39.0 Å². The minimum atomic E-state index is -0.528. The van der Waals surface area contributed by atoms with E-state index in [9.17, 15) is 4.79 Å². The van der Waals surface area contributed by atoms with Crippen molar-refractivity contribution in [3.05, 3.63) is 0 Å². The second kappa shape index (κ2) is 5.97. The standard InChI is InChI=1S/C8H16O4/c1-6(5-10-3)12-7(2)8(9)11-4/h6-7H,5H2,1-4H3. The summed E-state index contributed by atoms with van der Waals surface area (Å²) in [5.74, 6) is -0.363. The van der Waals surface area contributed by atoms with Crippen LogP contribution in [-0.2, 0) is 19.0 Å². The van der Waals surface area contributed by atoms with Crippen molar-refractivity contribution >= 4 is 5.97 Å². The number of hydrogen-bond acceptors (Lipinski definition) is 4. The summed E-state index contributed by atoms with van der Waals surface area (Å²) in [6, 6.07) is 0. The predicted molar refractivity (Wildman–Crippen MR) is 43.9 cm³/mol. The summed E-state index contributed by atoms with van der Waals surface area (Å²) in [7, 11) is 2.92. The first-order valence-electron chi connectivity index (χ1n) is 3.84. The lowest BCUT2D eigenvalue weighted by Crippen LogP contribution is -2.28. The molecular formula is C8H16O4. The first-order valence-corrected chi connectivity index (χ1v) is 3.84. The number of rotatable bonds is 5. The molecule has 0 saturated heterocycles. The van der Waals surface area contributed by atoms with Crippen LogP contribution < -0.4 is 0 Å². The minimum absolute atomic E-state index is 0.0934. The van der Waals surface area contributed by atoms with Crippen LogP contribution in [0.25, 0.3) is 0 Å². The largest absolute Gasteiger partial charge is 0.467 e. The third-order valence-corrected chi connectivity index (χ3v) is 1.37. The van der Waals surface area contributed by atoms with Crippen molar-refractivity contribution in [1.29, 1.82) is 0 Å². The highest BCUT2D eigenvalue weighted by Crippen LogP contribution is 1.99. The maximum absolute atomic E-state index is 10.9. The second-order valence-electron chi connectivity index (χ2n) is 2.57. The number of ether oxygens (including phenoxy) is 3. The van der Waals surface area contributed by atoms with Gasteiger partial charge in [0, 0.05) is 7.11 Å². The molecule has 0 fully saturated rings. The van der Waals surface area contributed by atoms with Gasteiger partial charge in [-0.25, -0.2) is 4.79 Å². The number of methoxy groups -OCH3 is 2. The van der Waals surface area contributed by atoms with Crippen molar-refractivity contribution in [3.8, 4) is 0 Å². The average molecular weight is 176 g/mol. The van der Waals surface area contributed by atoms with E-state index in [1.54, 1.807) is 14.0 Å². The van der Waals surface area contributed by atoms with Gasteiger partial charge in [0.15, 0.2) is 6.10 Å². The summed E-state index contributed by atoms with van der Waals surface area (Å²) in [4.78, 5) is 10.9. The Balaban J connectivity index is 3.67. The van der Waals surface area contributed by atoms with Gasteiger partial charge in [0.05, 0.1) is 19.8 Å². The molecule has 0 rings (SSSR count). The zero-order valence-electron chi connectivity index (χ0n) is 7.99. The molecule has 72 valence electrons. The minimum Gasteiger partial charge on any atom is -0.467 e. The monoisotopic (exact) mass is 176 g/mol. The fourth-order valence-corrected chi connectivity index (χ4v) is 0.844. The van der Waals surface area contributed by atoms with Crippen molar-refractivity contribution in [2.75, 3.05) is 20.8 Å². The van der Waals surface area contributed by atoms with E-state index < -0.39 is 6.10 Å². The van der Waals surface area contributed by atoms with Crippen LogP contribution >= 0.6 is 0 Å². The summed E-state index contributed by atoms with van der Waals surface area (Å²) in [5, 5.41) is 0. The van der Waals surface area contributed by atoms with Crippen molar-refractivity contribution in [3.63, 3.8) is 0 Å². The Morgan fingerprint density at radius 1 is 1.33 bits per heavy atom. The quantitative estimate of drug-likeness (QED) is 0.575. The molecule has 0 radical (unpaired) electrons. The van der Waals surface area contributed by atoms with Gasteiger partial charge in [-0.1, -0.05) is 0 Å². The maximum atomic E-state index is 10.9. The Kier molecular flexibility index (Phi) is 5.66. The molecule has 0 aromatic rings. The predicted octanol–water partition coefficient (Wildman–Crippen LogP) is 0.599. The smallest absolute Gasteiger partial charge is 0.334 e. The molecule has 0 saturated carbocycles. The lowest BCUT2D eigenvalue weighted by atomic mass is 10.3. The molecule has 0 heterocycles. The molecule has 0 aromatic carbocycles. The molecule has 2 atom stereocenters. The van der Waals surface area contributed by atoms with Gasteiger partial charge in [0.2, 0.25) is 0 Å². The van der Waals surface area contributed by atoms with E-state index in [2.05, 4.69) is 4.74 Å². The first kappa shape index (κ1) is 11.4. The summed E-state index contributed by atoms with van der Waals surface area (Å²) in [5.41, 5.74) is 0. The SMILES string of the molecule is COCC(C)OC(C)C(=O)OC. The van der Waals surface area contributed by atoms with Crippen LogP contribution in [0.3, 0.4) is 0 Å². The second-order valence-corrected chi connectivity index (χ2v) is 2.57. The van der Waals surface area contributed by atoms with Crippen LogP contribution in [0, 0.1) is 0 Å². The fourth-order valence-electron chi connectivity index (χ4n) is 0.844. The molecule has 0 bridgehead atoms. The van der Waals surface area contributed by atoms with Crippen molar-refractivity contribution in [2.24, 2.45) is 0 Å². The topological polar surface area (TPSA) is 44.8 Å². The zero-order chi connectivity index (χ0) is 9.56. The lowest BCUT2D eigenvalue weighted by molar-refractivity contribution is -0.157. The van der Waals surface area contributed by atoms with Crippen LogP contribution in [0.2, 0.25) is 0 Å². The van der Waals surface area contributed by atoms with Crippen molar-refractivity contribution in [2.45, 2.75) is 26.1 Å². The highest BCUT2D eigenvalue weighted by molar-refractivity contribution is 5.73. The maximum Gasteiger partial charge on any atom is 0.334 e. The number of hydrogen-bond donors (Lipinski definition) is 0. The lowest BCUT2D eigenvalue weighted by Gasteiger charge is -2.16. The van der Waals surface area contributed by atoms with E-state index in [1.165, 1.54) is 7.11 Å². The molecule has 2 unspecified atom stereocenters. The van der Waals surface area contributed by atoms with Gasteiger partial charge in [-0.15, -0.1) is 0 Å². The Bertz CT molecular complexity index is 135. The van der Waals surface area contributed by atoms with Gasteiger partial charge in [-0.2, -0.15) is 0 Å². The van der Waals surface area contributed by atoms with Gasteiger partial charge in [0.1, 0.15) is 0 Å². The number of carbonyl (C=O) groups excluding carboxylic acids is 1. The molecule has 0 N–H and O–H groups in total. The van der Waals surface area contributed by atoms with Crippen LogP contribution in [0.5, 0.6) is 0 Å². The van der Waals surface area contributed by atoms with Gasteiger partial charge in [-0.05, 0) is 13.8 Å². The third kappa shape index (κ3) is 4.31. The highest BCUT2D eigenvalue weighted by atomic mass is 16.6. The fraction of sp³-hybridized carbons (Fsp3) is 0.875. The molecule has 0 amide bonds. The normalized spacial score (nSPS) is 15.3. The highest BCUT2D eigenvalue weighted by Gasteiger charge is 2.16. The summed E-state index contributed by atoms with van der Waals surface area (Å²) in [6.07, 6.45) is -0.621. The zero-order valence-corrected chi connectivity index (χ0v) is 7.99. The average Bonchev–Trinajstić information content (AvgIpc) is 2.03. The molecule has 0 aliphatic rings. The van der Waals surface area contributed by atoms with E-state index in [0.29, 0.717) is 6.61 Å². The van der Waals surface area contributed by atoms with Crippen LogP contribution in [0.15, 0.2) is 0 Å². The van der Waals surface area contributed by atoms with E-state index in [-0.39, 0.29) is 12.1 Å². The van der Waals surface area contributed by atoms with Gasteiger partial charge in [-0.3, -0.25) is 0 Å². The van der Waals surface area contributed by atoms with Gasteiger partial charge >= 0.3 is 5.97 Å². The third-order valence-electron chi connectivity index (χ3n) is 1.37. The van der Waals surface area contributed by atoms with Gasteiger partial charge in [0.25, 0.3) is 0 Å². The summed E-state index contributed by atoms with van der Waals surface area (Å²) < 4.78 is 14.6. The molecule has 0 aliphatic heterocycles. The van der Waals surface area contributed by atoms with E-state index >= 15 is 0 Å². The molecule has 0 aromatic heterocycles. The van der Waals surface area contributed by atoms with Crippen LogP contribution in [0.4, 0.5) is 0 Å². The van der Waals surface area contributed by atoms with Crippen LogP contribution in [0.1, 0.15) is 13.8 Å². The molecule has 12 heavy (non-hydrogen) atoms. The van der Waals surface area contributed by atoms with E-state index in [4.69, 9.17) is 9.47 Å². The molecule has 4 nitrogen and oxygen atoms in total. The Morgan fingerprint density at radius 2 is 1.92 bits per heavy atom. The Hall–Kier alpha value is -0.610. The summed E-state index contributed by atoms with van der Waals surface area (Å²) in [6.45, 7) is 3.96. The van der Waals surface area contributed by atoms with Crippen molar-refractivity contribution < 1.29 is 19.0 Å². The number of esters is 1. The van der Waals surface area contributed by atoms with E-state index in [1.807, 2.05) is 6.92 Å². The summed E-state index contributed by atoms with van der Waals surface area (Å²) >= 11 is 0. The molecular weight excluding hydrogens is 160 g/mol. The number of carbonyl (C=O) groups is 1. The first-order chi connectivity index (χ1) is 5.61. The van der Waals surface area contributed by atoms with E-state index in [0.717, 1.165) is 0 Å². The van der Waals surface area contributed by atoms with Crippen molar-refractivity contribution in [1.82, 2.24) is 0 Å². The Morgan fingerprint density at radius 3 is 2.33 bits per heavy atom. The van der Waals surface area contributed by atoms with Gasteiger partial charge < -0.3 is 14.2 Å². The Labute approximate surface area is 72.8 Å².